The molecule has 0 unspecified atom stereocenters. The number of nitrogens with one attached hydrogen (secondary N) is 3. The van der Waals surface area contributed by atoms with Crippen molar-refractivity contribution in [1.82, 2.24) is 15.8 Å². The van der Waals surface area contributed by atoms with Crippen LogP contribution in [0, 0.1) is 0 Å². The lowest BCUT2D eigenvalue weighted by molar-refractivity contribution is -0.0512. The molecule has 10 heteroatoms. The van der Waals surface area contributed by atoms with E-state index in [-0.39, 0.29) is 22.8 Å². The summed E-state index contributed by atoms with van der Waals surface area (Å²) in [4.78, 5) is 26.5. The molecule has 0 radical (unpaired) electrons. The molecule has 1 aromatic heterocycles. The van der Waals surface area contributed by atoms with Crippen molar-refractivity contribution in [2.24, 2.45) is 0 Å². The summed E-state index contributed by atoms with van der Waals surface area (Å²) in [7, 11) is 1.28. The minimum atomic E-state index is -3.07. The zero-order valence-corrected chi connectivity index (χ0v) is 13.8. The first-order chi connectivity index (χ1) is 11.4. The van der Waals surface area contributed by atoms with Gasteiger partial charge in [-0.3, -0.25) is 20.4 Å². The smallest absolute Gasteiger partial charge is 0.387 e. The topological polar surface area (TPSA) is 92.5 Å². The van der Waals surface area contributed by atoms with Crippen molar-refractivity contribution in [1.29, 1.82) is 0 Å². The van der Waals surface area contributed by atoms with Crippen LogP contribution in [0.4, 0.5) is 8.78 Å². The first-order valence-corrected chi connectivity index (χ1v) is 7.27. The summed E-state index contributed by atoms with van der Waals surface area (Å²) in [6, 6.07) is 5.24. The van der Waals surface area contributed by atoms with Crippen molar-refractivity contribution in [2.75, 3.05) is 7.11 Å². The van der Waals surface area contributed by atoms with Crippen LogP contribution in [0.3, 0.4) is 0 Å². The Morgan fingerprint density at radius 1 is 1.17 bits per heavy atom. The molecule has 0 bridgehead atoms. The minimum Gasteiger partial charge on any atom is -0.493 e. The number of halogens is 3. The van der Waals surface area contributed by atoms with Crippen molar-refractivity contribution in [3.63, 3.8) is 0 Å². The Morgan fingerprint density at radius 2 is 1.88 bits per heavy atom. The zero-order chi connectivity index (χ0) is 17.7. The predicted molar refractivity (Wildman–Crippen MR) is 83.1 cm³/mol. The molecule has 0 fully saturated rings. The molecule has 128 valence electrons. The predicted octanol–water partition coefficient (Wildman–Crippen LogP) is 2.46. The third-order valence-corrected chi connectivity index (χ3v) is 3.28. The van der Waals surface area contributed by atoms with Crippen LogP contribution < -0.4 is 20.3 Å². The standard InChI is InChI=1S/C14H12BrF2N3O4/c1-23-10-3-2-7(4-11(10)24-14(16)17)12(21)19-20-13(22)9-5-8(15)6-18-9/h2-6,14,18H,1H3,(H,19,21)(H,20,22). The average Bonchev–Trinajstić information content (AvgIpc) is 2.98. The van der Waals surface area contributed by atoms with Gasteiger partial charge in [0.2, 0.25) is 0 Å². The summed E-state index contributed by atoms with van der Waals surface area (Å²) in [5.74, 6) is -1.53. The van der Waals surface area contributed by atoms with Gasteiger partial charge in [0.05, 0.1) is 7.11 Å². The highest BCUT2D eigenvalue weighted by atomic mass is 79.9. The van der Waals surface area contributed by atoms with E-state index < -0.39 is 18.4 Å². The maximum atomic E-state index is 12.4. The van der Waals surface area contributed by atoms with Gasteiger partial charge in [0.25, 0.3) is 11.8 Å². The van der Waals surface area contributed by atoms with E-state index in [1.807, 2.05) is 0 Å². The molecule has 0 atom stereocenters. The van der Waals surface area contributed by atoms with Crippen LogP contribution in [-0.4, -0.2) is 30.5 Å². The Labute approximate surface area is 143 Å². The number of amides is 2. The van der Waals surface area contributed by atoms with Crippen LogP contribution in [0.1, 0.15) is 20.8 Å². The van der Waals surface area contributed by atoms with Crippen LogP contribution >= 0.6 is 15.9 Å². The van der Waals surface area contributed by atoms with Gasteiger partial charge >= 0.3 is 6.61 Å². The fourth-order valence-corrected chi connectivity index (χ4v) is 2.10. The first-order valence-electron chi connectivity index (χ1n) is 6.48. The second-order valence-corrected chi connectivity index (χ2v) is 5.30. The van der Waals surface area contributed by atoms with Gasteiger partial charge in [-0.1, -0.05) is 0 Å². The van der Waals surface area contributed by atoms with E-state index in [9.17, 15) is 18.4 Å². The molecule has 0 aliphatic rings. The summed E-state index contributed by atoms with van der Waals surface area (Å²) >= 11 is 3.17. The van der Waals surface area contributed by atoms with E-state index in [4.69, 9.17) is 4.74 Å². The van der Waals surface area contributed by atoms with Gasteiger partial charge in [0.15, 0.2) is 11.5 Å². The molecule has 2 amide bonds. The Bertz CT molecular complexity index is 751. The number of hydrazine groups is 1. The van der Waals surface area contributed by atoms with Gasteiger partial charge < -0.3 is 14.5 Å². The maximum absolute atomic E-state index is 12.4. The number of carbonyl (C=O) groups excluding carboxylic acids is 2. The molecule has 0 aliphatic carbocycles. The molecule has 2 aromatic rings. The van der Waals surface area contributed by atoms with Crippen LogP contribution in [0.5, 0.6) is 11.5 Å². The number of aromatic amines is 1. The molecule has 0 saturated carbocycles. The van der Waals surface area contributed by atoms with Crippen molar-refractivity contribution < 1.29 is 27.8 Å². The lowest BCUT2D eigenvalue weighted by Gasteiger charge is -2.12. The molecular weight excluding hydrogens is 392 g/mol. The molecule has 24 heavy (non-hydrogen) atoms. The SMILES string of the molecule is COc1ccc(C(=O)NNC(=O)c2cc(Br)c[nH]2)cc1OC(F)F. The first kappa shape index (κ1) is 17.7. The summed E-state index contributed by atoms with van der Waals surface area (Å²) < 4.78 is 34.6. The quantitative estimate of drug-likeness (QED) is 0.668. The Hall–Kier alpha value is -2.62. The summed E-state index contributed by atoms with van der Waals surface area (Å²) in [6.45, 7) is -3.07. The average molecular weight is 404 g/mol. The van der Waals surface area contributed by atoms with E-state index in [0.717, 1.165) is 6.07 Å². The number of H-pyrrole nitrogens is 1. The second-order valence-electron chi connectivity index (χ2n) is 4.38. The van der Waals surface area contributed by atoms with Gasteiger partial charge in [-0.2, -0.15) is 8.78 Å². The van der Waals surface area contributed by atoms with E-state index in [2.05, 4.69) is 36.5 Å². The van der Waals surface area contributed by atoms with E-state index in [1.54, 1.807) is 6.20 Å². The van der Waals surface area contributed by atoms with E-state index in [1.165, 1.54) is 25.3 Å². The highest BCUT2D eigenvalue weighted by Crippen LogP contribution is 2.29. The monoisotopic (exact) mass is 403 g/mol. The number of aromatic nitrogens is 1. The molecule has 0 saturated heterocycles. The lowest BCUT2D eigenvalue weighted by Crippen LogP contribution is -2.41. The molecular formula is C14H12BrF2N3O4. The van der Waals surface area contributed by atoms with Crippen molar-refractivity contribution >= 4 is 27.7 Å². The van der Waals surface area contributed by atoms with Crippen LogP contribution in [-0.2, 0) is 0 Å². The molecule has 1 aromatic carbocycles. The molecule has 7 nitrogen and oxygen atoms in total. The molecule has 1 heterocycles. The van der Waals surface area contributed by atoms with E-state index >= 15 is 0 Å². The number of alkyl halides is 2. The number of ether oxygens (including phenoxy) is 2. The highest BCUT2D eigenvalue weighted by Gasteiger charge is 2.15. The number of methoxy groups -OCH3 is 1. The Morgan fingerprint density at radius 3 is 2.46 bits per heavy atom. The third-order valence-electron chi connectivity index (χ3n) is 2.82. The largest absolute Gasteiger partial charge is 0.493 e. The van der Waals surface area contributed by atoms with Gasteiger partial charge in [-0.15, -0.1) is 0 Å². The summed E-state index contributed by atoms with van der Waals surface area (Å²) in [5.41, 5.74) is 4.58. The van der Waals surface area contributed by atoms with Gasteiger partial charge in [-0.25, -0.2) is 0 Å². The number of rotatable bonds is 5. The highest BCUT2D eigenvalue weighted by molar-refractivity contribution is 9.10. The van der Waals surface area contributed by atoms with Crippen molar-refractivity contribution in [3.05, 3.63) is 46.2 Å². The Kier molecular flexibility index (Phi) is 5.74. The fraction of sp³-hybridized carbons (Fsp3) is 0.143. The second kappa shape index (κ2) is 7.77. The van der Waals surface area contributed by atoms with E-state index in [0.29, 0.717) is 4.47 Å². The lowest BCUT2D eigenvalue weighted by atomic mass is 10.2. The third kappa shape index (κ3) is 4.44. The van der Waals surface area contributed by atoms with Crippen LogP contribution in [0.15, 0.2) is 34.9 Å². The molecule has 3 N–H and O–H groups in total. The Balaban J connectivity index is 2.05. The molecule has 0 spiro atoms. The van der Waals surface area contributed by atoms with Crippen molar-refractivity contribution in [3.8, 4) is 11.5 Å². The van der Waals surface area contributed by atoms with Gasteiger partial charge in [0, 0.05) is 16.2 Å². The summed E-state index contributed by atoms with van der Waals surface area (Å²) in [5, 5.41) is 0. The van der Waals surface area contributed by atoms with Crippen LogP contribution in [0.25, 0.3) is 0 Å². The normalized spacial score (nSPS) is 10.4. The van der Waals surface area contributed by atoms with Crippen LogP contribution in [0.2, 0.25) is 0 Å². The van der Waals surface area contributed by atoms with Gasteiger partial charge in [0.1, 0.15) is 5.69 Å². The zero-order valence-electron chi connectivity index (χ0n) is 12.2. The minimum absolute atomic E-state index is 0.000540. The van der Waals surface area contributed by atoms with Crippen molar-refractivity contribution in [2.45, 2.75) is 6.61 Å². The fourth-order valence-electron chi connectivity index (χ4n) is 1.76. The molecule has 2 rings (SSSR count). The molecule has 0 aliphatic heterocycles. The summed E-state index contributed by atoms with van der Waals surface area (Å²) in [6.07, 6.45) is 1.55. The number of hydrogen-bond donors (Lipinski definition) is 3. The van der Waals surface area contributed by atoms with Gasteiger partial charge in [-0.05, 0) is 40.2 Å². The maximum Gasteiger partial charge on any atom is 0.387 e. The number of benzene rings is 1. The number of hydrogen-bond acceptors (Lipinski definition) is 4. The number of carbonyl (C=O) groups is 2.